The minimum atomic E-state index is -4.46. The molecule has 6 nitrogen and oxygen atoms in total. The average molecular weight is 515 g/mol. The van der Waals surface area contributed by atoms with Gasteiger partial charge in [0, 0.05) is 16.8 Å². The Labute approximate surface area is 207 Å². The van der Waals surface area contributed by atoms with Gasteiger partial charge in [0.25, 0.3) is 10.0 Å². The first-order valence-electron chi connectivity index (χ1n) is 11.0. The molecular weight excluding hydrogens is 489 g/mol. The number of aromatic nitrogens is 2. The zero-order valence-corrected chi connectivity index (χ0v) is 20.8. The van der Waals surface area contributed by atoms with E-state index in [4.69, 9.17) is 0 Å². The van der Waals surface area contributed by atoms with E-state index in [1.54, 1.807) is 44.3 Å². The summed E-state index contributed by atoms with van der Waals surface area (Å²) < 4.78 is 69.4. The van der Waals surface area contributed by atoms with E-state index in [1.807, 2.05) is 19.1 Å². The summed E-state index contributed by atoms with van der Waals surface area (Å²) in [4.78, 5) is 0.221. The van der Waals surface area contributed by atoms with Crippen molar-refractivity contribution in [1.29, 1.82) is 0 Å². The first kappa shape index (κ1) is 25.3. The fourth-order valence-electron chi connectivity index (χ4n) is 4.29. The molecule has 0 radical (unpaired) electrons. The number of aryl methyl sites for hydroxylation is 3. The number of benzene rings is 3. The highest BCUT2D eigenvalue weighted by Crippen LogP contribution is 2.32. The SMILES string of the molecule is C=C(CNc1cccc2c1cnn2-c1cccc(C(F)(F)F)c1)NS(=O)(=O)c1c(C)cc(C)cc1C. The molecule has 4 rings (SSSR count). The predicted octanol–water partition coefficient (Wildman–Crippen LogP) is 5.87. The van der Waals surface area contributed by atoms with Crippen LogP contribution in [0, 0.1) is 20.8 Å². The number of sulfonamides is 1. The molecule has 0 aliphatic rings. The Morgan fingerprint density at radius 3 is 2.36 bits per heavy atom. The standard InChI is InChI=1S/C26H25F3N4O2S/c1-16-11-17(2)25(18(3)12-16)36(34,35)32-19(4)14-30-23-9-6-10-24-22(23)15-31-33(24)21-8-5-7-20(13-21)26(27,28)29/h5-13,15,30,32H,4,14H2,1-3H3. The highest BCUT2D eigenvalue weighted by atomic mass is 32.2. The van der Waals surface area contributed by atoms with E-state index in [0.717, 1.165) is 17.7 Å². The van der Waals surface area contributed by atoms with Gasteiger partial charge < -0.3 is 5.32 Å². The number of hydrogen-bond acceptors (Lipinski definition) is 4. The van der Waals surface area contributed by atoms with E-state index in [0.29, 0.717) is 27.7 Å². The third kappa shape index (κ3) is 5.08. The molecule has 0 unspecified atom stereocenters. The van der Waals surface area contributed by atoms with E-state index < -0.39 is 21.8 Å². The van der Waals surface area contributed by atoms with E-state index in [2.05, 4.69) is 21.7 Å². The van der Waals surface area contributed by atoms with Gasteiger partial charge in [0.05, 0.1) is 34.4 Å². The van der Waals surface area contributed by atoms with Gasteiger partial charge in [-0.15, -0.1) is 0 Å². The normalized spacial score (nSPS) is 12.1. The molecule has 0 bridgehead atoms. The van der Waals surface area contributed by atoms with Crippen molar-refractivity contribution in [2.24, 2.45) is 0 Å². The molecule has 0 amide bonds. The molecular formula is C26H25F3N4O2S. The highest BCUT2D eigenvalue weighted by Gasteiger charge is 2.30. The summed E-state index contributed by atoms with van der Waals surface area (Å²) in [5.74, 6) is 0. The molecule has 0 fully saturated rings. The van der Waals surface area contributed by atoms with Gasteiger partial charge in [-0.2, -0.15) is 18.3 Å². The lowest BCUT2D eigenvalue weighted by atomic mass is 10.1. The van der Waals surface area contributed by atoms with Crippen LogP contribution in [0.2, 0.25) is 0 Å². The molecule has 36 heavy (non-hydrogen) atoms. The van der Waals surface area contributed by atoms with Crippen molar-refractivity contribution in [2.45, 2.75) is 31.8 Å². The van der Waals surface area contributed by atoms with Crippen molar-refractivity contribution in [3.8, 4) is 5.69 Å². The van der Waals surface area contributed by atoms with E-state index >= 15 is 0 Å². The van der Waals surface area contributed by atoms with Gasteiger partial charge in [0.1, 0.15) is 0 Å². The monoisotopic (exact) mass is 514 g/mol. The summed E-state index contributed by atoms with van der Waals surface area (Å²) in [7, 11) is -3.83. The summed E-state index contributed by atoms with van der Waals surface area (Å²) >= 11 is 0. The molecule has 10 heteroatoms. The Morgan fingerprint density at radius 1 is 1.03 bits per heavy atom. The molecule has 0 spiro atoms. The van der Waals surface area contributed by atoms with Crippen molar-refractivity contribution < 1.29 is 21.6 Å². The molecule has 1 heterocycles. The summed E-state index contributed by atoms with van der Waals surface area (Å²) in [5.41, 5.74) is 3.24. The Balaban J connectivity index is 1.54. The van der Waals surface area contributed by atoms with Crippen molar-refractivity contribution in [3.63, 3.8) is 0 Å². The molecule has 2 N–H and O–H groups in total. The van der Waals surface area contributed by atoms with Crippen LogP contribution < -0.4 is 10.0 Å². The minimum Gasteiger partial charge on any atom is -0.379 e. The smallest absolute Gasteiger partial charge is 0.379 e. The van der Waals surface area contributed by atoms with Crippen LogP contribution in [0.25, 0.3) is 16.6 Å². The number of alkyl halides is 3. The van der Waals surface area contributed by atoms with E-state index in [1.165, 1.54) is 10.7 Å². The number of nitrogens with zero attached hydrogens (tertiary/aromatic N) is 2. The number of nitrogens with one attached hydrogen (secondary N) is 2. The average Bonchev–Trinajstić information content (AvgIpc) is 3.20. The van der Waals surface area contributed by atoms with Crippen LogP contribution in [0.1, 0.15) is 22.3 Å². The summed E-state index contributed by atoms with van der Waals surface area (Å²) in [6, 6.07) is 13.8. The fraction of sp³-hybridized carbons (Fsp3) is 0.192. The van der Waals surface area contributed by atoms with Gasteiger partial charge in [-0.1, -0.05) is 36.4 Å². The third-order valence-corrected chi connectivity index (χ3v) is 7.41. The Hall–Kier alpha value is -3.79. The quantitative estimate of drug-likeness (QED) is 0.323. The maximum Gasteiger partial charge on any atom is 0.416 e. The first-order chi connectivity index (χ1) is 16.9. The van der Waals surface area contributed by atoms with Crippen molar-refractivity contribution in [2.75, 3.05) is 11.9 Å². The zero-order chi connectivity index (χ0) is 26.3. The van der Waals surface area contributed by atoms with E-state index in [-0.39, 0.29) is 22.8 Å². The summed E-state index contributed by atoms with van der Waals surface area (Å²) in [5, 5.41) is 8.08. The maximum atomic E-state index is 13.2. The Morgan fingerprint density at radius 2 is 1.69 bits per heavy atom. The van der Waals surface area contributed by atoms with Gasteiger partial charge >= 0.3 is 6.18 Å². The van der Waals surface area contributed by atoms with Gasteiger partial charge in [0.2, 0.25) is 0 Å². The van der Waals surface area contributed by atoms with Crippen LogP contribution in [-0.4, -0.2) is 24.7 Å². The maximum absolute atomic E-state index is 13.2. The second kappa shape index (κ2) is 9.34. The second-order valence-electron chi connectivity index (χ2n) is 8.63. The second-order valence-corrected chi connectivity index (χ2v) is 10.3. The third-order valence-electron chi connectivity index (χ3n) is 5.68. The topological polar surface area (TPSA) is 76.0 Å². The number of halogens is 3. The van der Waals surface area contributed by atoms with Gasteiger partial charge in [-0.25, -0.2) is 13.1 Å². The van der Waals surface area contributed by atoms with Crippen LogP contribution in [0.3, 0.4) is 0 Å². The number of fused-ring (bicyclic) bond motifs is 1. The van der Waals surface area contributed by atoms with Crippen molar-refractivity contribution in [3.05, 3.63) is 95.3 Å². The minimum absolute atomic E-state index is 0.0943. The molecule has 4 aromatic rings. The number of anilines is 1. The van der Waals surface area contributed by atoms with Crippen molar-refractivity contribution in [1.82, 2.24) is 14.5 Å². The van der Waals surface area contributed by atoms with Crippen LogP contribution in [0.15, 0.2) is 78.0 Å². The lowest BCUT2D eigenvalue weighted by Gasteiger charge is -2.16. The Kier molecular flexibility index (Phi) is 6.57. The molecule has 0 aliphatic carbocycles. The summed E-state index contributed by atoms with van der Waals surface area (Å²) in [6.45, 7) is 9.34. The molecule has 0 saturated carbocycles. The Bertz CT molecular complexity index is 1550. The number of rotatable bonds is 7. The number of hydrogen-bond donors (Lipinski definition) is 2. The van der Waals surface area contributed by atoms with E-state index in [9.17, 15) is 21.6 Å². The first-order valence-corrected chi connectivity index (χ1v) is 12.5. The lowest BCUT2D eigenvalue weighted by Crippen LogP contribution is -2.27. The van der Waals surface area contributed by atoms with Crippen LogP contribution in [-0.2, 0) is 16.2 Å². The van der Waals surface area contributed by atoms with Crippen molar-refractivity contribution >= 4 is 26.6 Å². The molecule has 0 atom stereocenters. The molecule has 3 aromatic carbocycles. The highest BCUT2D eigenvalue weighted by molar-refractivity contribution is 7.89. The molecule has 0 aliphatic heterocycles. The molecule has 0 saturated heterocycles. The molecule has 1 aromatic heterocycles. The largest absolute Gasteiger partial charge is 0.416 e. The lowest BCUT2D eigenvalue weighted by molar-refractivity contribution is -0.137. The predicted molar refractivity (Wildman–Crippen MR) is 135 cm³/mol. The van der Waals surface area contributed by atoms with Gasteiger partial charge in [-0.05, 0) is 62.2 Å². The molecule has 188 valence electrons. The van der Waals surface area contributed by atoms with Gasteiger partial charge in [0.15, 0.2) is 0 Å². The zero-order valence-electron chi connectivity index (χ0n) is 19.9. The van der Waals surface area contributed by atoms with Crippen LogP contribution in [0.5, 0.6) is 0 Å². The fourth-order valence-corrected chi connectivity index (χ4v) is 5.81. The van der Waals surface area contributed by atoms with Gasteiger partial charge in [-0.3, -0.25) is 4.72 Å². The summed E-state index contributed by atoms with van der Waals surface area (Å²) in [6.07, 6.45) is -2.92. The van der Waals surface area contributed by atoms with Crippen LogP contribution >= 0.6 is 0 Å². The van der Waals surface area contributed by atoms with Crippen LogP contribution in [0.4, 0.5) is 18.9 Å².